The number of nitrogens with zero attached hydrogens (tertiary/aromatic N) is 2. The molecule has 0 atom stereocenters. The van der Waals surface area contributed by atoms with Crippen molar-refractivity contribution in [3.05, 3.63) is 53.1 Å². The summed E-state index contributed by atoms with van der Waals surface area (Å²) in [5, 5.41) is 0.672. The number of hydrogen-bond donors (Lipinski definition) is 0. The molecule has 6 heteroatoms. The number of methoxy groups -OCH3 is 1. The molecule has 2 aromatic rings. The van der Waals surface area contributed by atoms with Gasteiger partial charge in [-0.25, -0.2) is 0 Å². The van der Waals surface area contributed by atoms with Crippen LogP contribution in [0.15, 0.2) is 47.5 Å². The van der Waals surface area contributed by atoms with Crippen LogP contribution in [0.25, 0.3) is 0 Å². The number of aliphatic imine (C=N–C) groups is 1. The molecule has 0 unspecified atom stereocenters. The first-order valence-electron chi connectivity index (χ1n) is 8.55. The van der Waals surface area contributed by atoms with Crippen LogP contribution >= 0.6 is 11.6 Å². The van der Waals surface area contributed by atoms with Gasteiger partial charge in [0.15, 0.2) is 11.5 Å². The Labute approximate surface area is 158 Å². The quantitative estimate of drug-likeness (QED) is 0.435. The Kier molecular flexibility index (Phi) is 6.26. The molecule has 2 aromatic carbocycles. The number of benzene rings is 2. The van der Waals surface area contributed by atoms with Crippen LogP contribution in [-0.2, 0) is 4.79 Å². The third kappa shape index (κ3) is 5.07. The molecule has 0 radical (unpaired) electrons. The Morgan fingerprint density at radius 1 is 1.15 bits per heavy atom. The van der Waals surface area contributed by atoms with Gasteiger partial charge in [-0.3, -0.25) is 14.7 Å². The van der Waals surface area contributed by atoms with Crippen molar-refractivity contribution >= 4 is 29.5 Å². The normalized spacial score (nSPS) is 14.7. The van der Waals surface area contributed by atoms with Crippen LogP contribution in [0.4, 0.5) is 5.69 Å². The van der Waals surface area contributed by atoms with Crippen molar-refractivity contribution in [2.45, 2.75) is 12.8 Å². The largest absolute Gasteiger partial charge is 0.493 e. The van der Waals surface area contributed by atoms with Crippen LogP contribution in [0.5, 0.6) is 11.5 Å². The van der Waals surface area contributed by atoms with Crippen molar-refractivity contribution < 1.29 is 14.3 Å². The standard InChI is InChI=1S/C20H21ClN2O3/c1-25-19-12-15(13-22-17-7-5-16(21)6-8-17)4-9-18(19)26-20(24)14-23-10-2-3-11-23/h4-9,12-13H,2-3,10-11,14H2,1H3. The van der Waals surface area contributed by atoms with E-state index < -0.39 is 0 Å². The third-order valence-electron chi connectivity index (χ3n) is 4.15. The lowest BCUT2D eigenvalue weighted by atomic mass is 10.2. The molecule has 1 heterocycles. The number of likely N-dealkylation sites (tertiary alicyclic amines) is 1. The number of carbonyl (C=O) groups is 1. The van der Waals surface area contributed by atoms with E-state index in [9.17, 15) is 4.79 Å². The molecule has 5 nitrogen and oxygen atoms in total. The van der Waals surface area contributed by atoms with Crippen molar-refractivity contribution in [1.29, 1.82) is 0 Å². The van der Waals surface area contributed by atoms with E-state index in [1.54, 1.807) is 37.6 Å². The second kappa shape index (κ2) is 8.83. The van der Waals surface area contributed by atoms with Gasteiger partial charge in [-0.05, 0) is 74.0 Å². The Bertz CT molecular complexity index is 784. The molecule has 0 saturated carbocycles. The Morgan fingerprint density at radius 3 is 2.58 bits per heavy atom. The first-order valence-corrected chi connectivity index (χ1v) is 8.92. The van der Waals surface area contributed by atoms with E-state index in [4.69, 9.17) is 21.1 Å². The Hall–Kier alpha value is -2.37. The van der Waals surface area contributed by atoms with Gasteiger partial charge in [0.05, 0.1) is 19.3 Å². The maximum absolute atomic E-state index is 12.1. The highest BCUT2D eigenvalue weighted by Gasteiger charge is 2.17. The van der Waals surface area contributed by atoms with Crippen molar-refractivity contribution in [1.82, 2.24) is 4.90 Å². The molecular formula is C20H21ClN2O3. The summed E-state index contributed by atoms with van der Waals surface area (Å²) in [6.07, 6.45) is 4.00. The fraction of sp³-hybridized carbons (Fsp3) is 0.300. The minimum atomic E-state index is -0.271. The first-order chi connectivity index (χ1) is 12.6. The molecular weight excluding hydrogens is 352 g/mol. The van der Waals surface area contributed by atoms with Gasteiger partial charge in [-0.2, -0.15) is 0 Å². The van der Waals surface area contributed by atoms with E-state index in [0.717, 1.165) is 37.2 Å². The molecule has 3 rings (SSSR count). The van der Waals surface area contributed by atoms with Gasteiger partial charge in [0.25, 0.3) is 0 Å². The van der Waals surface area contributed by atoms with Crippen LogP contribution in [0.2, 0.25) is 5.02 Å². The molecule has 1 saturated heterocycles. The monoisotopic (exact) mass is 372 g/mol. The van der Waals surface area contributed by atoms with E-state index in [-0.39, 0.29) is 5.97 Å². The van der Waals surface area contributed by atoms with E-state index in [1.165, 1.54) is 0 Å². The lowest BCUT2D eigenvalue weighted by Gasteiger charge is -2.14. The summed E-state index contributed by atoms with van der Waals surface area (Å²) < 4.78 is 10.8. The van der Waals surface area contributed by atoms with Crippen molar-refractivity contribution in [3.63, 3.8) is 0 Å². The highest BCUT2D eigenvalue weighted by atomic mass is 35.5. The Morgan fingerprint density at radius 2 is 1.88 bits per heavy atom. The molecule has 0 spiro atoms. The second-order valence-corrected chi connectivity index (χ2v) is 6.54. The summed E-state index contributed by atoms with van der Waals surface area (Å²) in [5.41, 5.74) is 1.64. The van der Waals surface area contributed by atoms with Crippen LogP contribution in [0, 0.1) is 0 Å². The first kappa shape index (κ1) is 18.4. The molecule has 0 bridgehead atoms. The molecule has 0 aromatic heterocycles. The van der Waals surface area contributed by atoms with Gasteiger partial charge in [-0.15, -0.1) is 0 Å². The van der Waals surface area contributed by atoms with E-state index in [0.29, 0.717) is 23.1 Å². The van der Waals surface area contributed by atoms with Crippen LogP contribution in [-0.4, -0.2) is 43.8 Å². The van der Waals surface area contributed by atoms with Crippen molar-refractivity contribution in [2.24, 2.45) is 4.99 Å². The number of rotatable bonds is 6. The zero-order chi connectivity index (χ0) is 18.4. The van der Waals surface area contributed by atoms with Gasteiger partial charge in [0.2, 0.25) is 0 Å². The average Bonchev–Trinajstić information content (AvgIpc) is 3.15. The zero-order valence-electron chi connectivity index (χ0n) is 14.7. The predicted octanol–water partition coefficient (Wildman–Crippen LogP) is 4.10. The van der Waals surface area contributed by atoms with E-state index in [1.807, 2.05) is 18.2 Å². The van der Waals surface area contributed by atoms with Gasteiger partial charge in [0.1, 0.15) is 0 Å². The van der Waals surface area contributed by atoms with Crippen LogP contribution < -0.4 is 9.47 Å². The summed E-state index contributed by atoms with van der Waals surface area (Å²) in [6.45, 7) is 2.21. The summed E-state index contributed by atoms with van der Waals surface area (Å²) in [4.78, 5) is 18.6. The fourth-order valence-electron chi connectivity index (χ4n) is 2.80. The van der Waals surface area contributed by atoms with Gasteiger partial charge in [-0.1, -0.05) is 11.6 Å². The minimum absolute atomic E-state index is 0.271. The van der Waals surface area contributed by atoms with Crippen LogP contribution in [0.1, 0.15) is 18.4 Å². The maximum Gasteiger partial charge on any atom is 0.325 e. The van der Waals surface area contributed by atoms with Gasteiger partial charge < -0.3 is 9.47 Å². The number of esters is 1. The highest BCUT2D eigenvalue weighted by molar-refractivity contribution is 6.30. The van der Waals surface area contributed by atoms with Gasteiger partial charge >= 0.3 is 5.97 Å². The third-order valence-corrected chi connectivity index (χ3v) is 4.40. The van der Waals surface area contributed by atoms with Crippen molar-refractivity contribution in [3.8, 4) is 11.5 Å². The zero-order valence-corrected chi connectivity index (χ0v) is 15.4. The Balaban J connectivity index is 1.66. The summed E-state index contributed by atoms with van der Waals surface area (Å²) in [6, 6.07) is 12.6. The van der Waals surface area contributed by atoms with Gasteiger partial charge in [0, 0.05) is 11.2 Å². The number of carbonyl (C=O) groups excluding carboxylic acids is 1. The fourth-order valence-corrected chi connectivity index (χ4v) is 2.93. The van der Waals surface area contributed by atoms with E-state index >= 15 is 0 Å². The number of hydrogen-bond acceptors (Lipinski definition) is 5. The number of halogens is 1. The number of ether oxygens (including phenoxy) is 2. The minimum Gasteiger partial charge on any atom is -0.493 e. The summed E-state index contributed by atoms with van der Waals surface area (Å²) in [5.74, 6) is 0.646. The SMILES string of the molecule is COc1cc(C=Nc2ccc(Cl)cc2)ccc1OC(=O)CN1CCCC1. The molecule has 1 aliphatic rings. The second-order valence-electron chi connectivity index (χ2n) is 6.10. The molecule has 0 amide bonds. The molecule has 1 fully saturated rings. The molecule has 136 valence electrons. The lowest BCUT2D eigenvalue weighted by molar-refractivity contribution is -0.135. The topological polar surface area (TPSA) is 51.1 Å². The summed E-state index contributed by atoms with van der Waals surface area (Å²) in [7, 11) is 1.55. The molecule has 26 heavy (non-hydrogen) atoms. The molecule has 1 aliphatic heterocycles. The average molecular weight is 373 g/mol. The maximum atomic E-state index is 12.1. The lowest BCUT2D eigenvalue weighted by Crippen LogP contribution is -2.29. The molecule has 0 aliphatic carbocycles. The van der Waals surface area contributed by atoms with Crippen molar-refractivity contribution in [2.75, 3.05) is 26.7 Å². The highest BCUT2D eigenvalue weighted by Crippen LogP contribution is 2.28. The smallest absolute Gasteiger partial charge is 0.325 e. The summed E-state index contributed by atoms with van der Waals surface area (Å²) >= 11 is 5.87. The predicted molar refractivity (Wildman–Crippen MR) is 103 cm³/mol. The van der Waals surface area contributed by atoms with Crippen LogP contribution in [0.3, 0.4) is 0 Å². The van der Waals surface area contributed by atoms with E-state index in [2.05, 4.69) is 9.89 Å². The molecule has 0 N–H and O–H groups in total.